The number of amides is 1. The van der Waals surface area contributed by atoms with E-state index in [1.807, 2.05) is 0 Å². The zero-order chi connectivity index (χ0) is 13.0. The topological polar surface area (TPSA) is 55.1 Å². The summed E-state index contributed by atoms with van der Waals surface area (Å²) in [6.07, 6.45) is 3.89. The van der Waals surface area contributed by atoms with Gasteiger partial charge < -0.3 is 11.1 Å². The minimum atomic E-state index is 0.0301. The first-order chi connectivity index (χ1) is 8.66. The fourth-order valence-corrected chi connectivity index (χ4v) is 2.64. The van der Waals surface area contributed by atoms with Gasteiger partial charge in [-0.2, -0.15) is 0 Å². The Morgan fingerprint density at radius 3 is 2.94 bits per heavy atom. The quantitative estimate of drug-likeness (QED) is 0.851. The lowest BCUT2D eigenvalue weighted by Gasteiger charge is -2.15. The van der Waals surface area contributed by atoms with E-state index in [0.717, 1.165) is 25.7 Å². The average Bonchev–Trinajstić information content (AvgIpc) is 2.75. The minimum absolute atomic E-state index is 0.0301. The van der Waals surface area contributed by atoms with Crippen LogP contribution < -0.4 is 11.1 Å². The zero-order valence-electron chi connectivity index (χ0n) is 11.0. The fraction of sp³-hybridized carbons (Fsp3) is 0.533. The Balaban J connectivity index is 1.77. The van der Waals surface area contributed by atoms with Crippen molar-refractivity contribution in [3.8, 4) is 0 Å². The molecule has 0 aliphatic heterocycles. The van der Waals surface area contributed by atoms with Gasteiger partial charge in [0.25, 0.3) is 0 Å². The second-order valence-electron chi connectivity index (χ2n) is 5.23. The van der Waals surface area contributed by atoms with Crippen LogP contribution in [-0.4, -0.2) is 18.5 Å². The Labute approximate surface area is 109 Å². The van der Waals surface area contributed by atoms with E-state index in [1.54, 1.807) is 0 Å². The van der Waals surface area contributed by atoms with Gasteiger partial charge in [0.2, 0.25) is 5.91 Å². The van der Waals surface area contributed by atoms with Crippen LogP contribution in [0.3, 0.4) is 0 Å². The molecule has 0 radical (unpaired) electrons. The Morgan fingerprint density at radius 2 is 2.28 bits per heavy atom. The van der Waals surface area contributed by atoms with Crippen LogP contribution in [0, 0.1) is 12.8 Å². The molecular weight excluding hydrogens is 224 g/mol. The van der Waals surface area contributed by atoms with Crippen LogP contribution in [0.2, 0.25) is 0 Å². The number of carbonyl (C=O) groups is 1. The molecular formula is C15H22N2O. The number of aryl methyl sites for hydroxylation is 1. The maximum absolute atomic E-state index is 11.9. The van der Waals surface area contributed by atoms with Crippen LogP contribution in [0.1, 0.15) is 30.4 Å². The minimum Gasteiger partial charge on any atom is -0.355 e. The molecule has 0 aromatic heterocycles. The summed E-state index contributed by atoms with van der Waals surface area (Å²) >= 11 is 0. The predicted molar refractivity (Wildman–Crippen MR) is 73.2 cm³/mol. The maximum Gasteiger partial charge on any atom is 0.224 e. The average molecular weight is 246 g/mol. The van der Waals surface area contributed by atoms with Crippen molar-refractivity contribution < 1.29 is 4.79 Å². The molecule has 1 amide bonds. The normalized spacial score (nSPS) is 23.0. The molecule has 1 saturated carbocycles. The third-order valence-electron chi connectivity index (χ3n) is 3.70. The molecule has 0 bridgehead atoms. The lowest BCUT2D eigenvalue weighted by molar-refractivity contribution is -0.125. The Morgan fingerprint density at radius 1 is 1.44 bits per heavy atom. The van der Waals surface area contributed by atoms with Gasteiger partial charge in [-0.25, -0.2) is 0 Å². The van der Waals surface area contributed by atoms with E-state index in [0.29, 0.717) is 6.54 Å². The van der Waals surface area contributed by atoms with Crippen LogP contribution in [0.25, 0.3) is 0 Å². The van der Waals surface area contributed by atoms with E-state index in [-0.39, 0.29) is 17.9 Å². The standard InChI is InChI=1S/C15H22N2O/c1-11-4-2-5-12(10-11)8-9-17-15(18)13-6-3-7-14(13)16/h2,4-5,10,13-14H,3,6-9,16H2,1H3,(H,17,18). The third-order valence-corrected chi connectivity index (χ3v) is 3.70. The van der Waals surface area contributed by atoms with E-state index in [9.17, 15) is 4.79 Å². The van der Waals surface area contributed by atoms with Crippen molar-refractivity contribution in [2.45, 2.75) is 38.6 Å². The van der Waals surface area contributed by atoms with Crippen LogP contribution in [-0.2, 0) is 11.2 Å². The van der Waals surface area contributed by atoms with Crippen LogP contribution in [0.15, 0.2) is 24.3 Å². The first kappa shape index (κ1) is 13.1. The van der Waals surface area contributed by atoms with Crippen molar-refractivity contribution in [2.75, 3.05) is 6.54 Å². The molecule has 1 aromatic rings. The maximum atomic E-state index is 11.9. The second-order valence-corrected chi connectivity index (χ2v) is 5.23. The fourth-order valence-electron chi connectivity index (χ4n) is 2.64. The highest BCUT2D eigenvalue weighted by Crippen LogP contribution is 2.23. The van der Waals surface area contributed by atoms with Gasteiger partial charge in [0, 0.05) is 12.6 Å². The SMILES string of the molecule is Cc1cccc(CCNC(=O)C2CCCC2N)c1. The first-order valence-corrected chi connectivity index (χ1v) is 6.75. The van der Waals surface area contributed by atoms with Gasteiger partial charge in [0.05, 0.1) is 5.92 Å². The van der Waals surface area contributed by atoms with Crippen LogP contribution in [0.5, 0.6) is 0 Å². The highest BCUT2D eigenvalue weighted by molar-refractivity contribution is 5.79. The molecule has 2 unspecified atom stereocenters. The van der Waals surface area contributed by atoms with Crippen LogP contribution >= 0.6 is 0 Å². The van der Waals surface area contributed by atoms with Crippen molar-refractivity contribution in [1.29, 1.82) is 0 Å². The Hall–Kier alpha value is -1.35. The molecule has 2 rings (SSSR count). The summed E-state index contributed by atoms with van der Waals surface area (Å²) in [5, 5.41) is 3.00. The molecule has 3 N–H and O–H groups in total. The highest BCUT2D eigenvalue weighted by Gasteiger charge is 2.29. The first-order valence-electron chi connectivity index (χ1n) is 6.75. The van der Waals surface area contributed by atoms with Crippen molar-refractivity contribution in [3.63, 3.8) is 0 Å². The van der Waals surface area contributed by atoms with Gasteiger partial charge in [0.1, 0.15) is 0 Å². The van der Waals surface area contributed by atoms with E-state index in [4.69, 9.17) is 5.73 Å². The number of nitrogens with two attached hydrogens (primary N) is 1. The van der Waals surface area contributed by atoms with Gasteiger partial charge in [0.15, 0.2) is 0 Å². The van der Waals surface area contributed by atoms with Crippen molar-refractivity contribution >= 4 is 5.91 Å². The third kappa shape index (κ3) is 3.33. The molecule has 0 heterocycles. The molecule has 1 aromatic carbocycles. The number of benzene rings is 1. The number of nitrogens with one attached hydrogen (secondary N) is 1. The number of carbonyl (C=O) groups excluding carboxylic acids is 1. The van der Waals surface area contributed by atoms with Crippen molar-refractivity contribution in [1.82, 2.24) is 5.32 Å². The van der Waals surface area contributed by atoms with Gasteiger partial charge in [-0.1, -0.05) is 36.2 Å². The number of hydrogen-bond donors (Lipinski definition) is 2. The smallest absolute Gasteiger partial charge is 0.224 e. The second kappa shape index (κ2) is 6.01. The number of rotatable bonds is 4. The molecule has 0 spiro atoms. The van der Waals surface area contributed by atoms with Gasteiger partial charge in [-0.05, 0) is 31.7 Å². The largest absolute Gasteiger partial charge is 0.355 e. The van der Waals surface area contributed by atoms with E-state index in [2.05, 4.69) is 36.5 Å². The molecule has 3 heteroatoms. The summed E-state index contributed by atoms with van der Waals surface area (Å²) in [6, 6.07) is 8.45. The molecule has 98 valence electrons. The van der Waals surface area contributed by atoms with Crippen LogP contribution in [0.4, 0.5) is 0 Å². The molecule has 1 fully saturated rings. The predicted octanol–water partition coefficient (Wildman–Crippen LogP) is 1.78. The summed E-state index contributed by atoms with van der Waals surface area (Å²) in [7, 11) is 0. The zero-order valence-corrected chi connectivity index (χ0v) is 11.0. The summed E-state index contributed by atoms with van der Waals surface area (Å²) in [6.45, 7) is 2.78. The summed E-state index contributed by atoms with van der Waals surface area (Å²) in [5.74, 6) is 0.162. The summed E-state index contributed by atoms with van der Waals surface area (Å²) < 4.78 is 0. The molecule has 2 atom stereocenters. The van der Waals surface area contributed by atoms with Gasteiger partial charge in [-0.3, -0.25) is 4.79 Å². The Bertz CT molecular complexity index is 417. The van der Waals surface area contributed by atoms with Gasteiger partial charge >= 0.3 is 0 Å². The highest BCUT2D eigenvalue weighted by atomic mass is 16.1. The molecule has 0 saturated heterocycles. The summed E-state index contributed by atoms with van der Waals surface area (Å²) in [5.41, 5.74) is 8.45. The van der Waals surface area contributed by atoms with Gasteiger partial charge in [-0.15, -0.1) is 0 Å². The Kier molecular flexibility index (Phi) is 4.37. The molecule has 18 heavy (non-hydrogen) atoms. The monoisotopic (exact) mass is 246 g/mol. The lowest BCUT2D eigenvalue weighted by Crippen LogP contribution is -2.39. The van der Waals surface area contributed by atoms with E-state index >= 15 is 0 Å². The van der Waals surface area contributed by atoms with E-state index < -0.39 is 0 Å². The molecule has 1 aliphatic rings. The molecule has 3 nitrogen and oxygen atoms in total. The van der Waals surface area contributed by atoms with Crippen molar-refractivity contribution in [3.05, 3.63) is 35.4 Å². The molecule has 1 aliphatic carbocycles. The lowest BCUT2D eigenvalue weighted by atomic mass is 10.0. The van der Waals surface area contributed by atoms with E-state index in [1.165, 1.54) is 11.1 Å². The summed E-state index contributed by atoms with van der Waals surface area (Å²) in [4.78, 5) is 11.9. The number of hydrogen-bond acceptors (Lipinski definition) is 2. The van der Waals surface area contributed by atoms with Crippen molar-refractivity contribution in [2.24, 2.45) is 11.7 Å².